The van der Waals surface area contributed by atoms with Crippen molar-refractivity contribution in [3.8, 4) is 0 Å². The third-order valence-electron chi connectivity index (χ3n) is 4.62. The quantitative estimate of drug-likeness (QED) is 0.667. The first kappa shape index (κ1) is 17.4. The summed E-state index contributed by atoms with van der Waals surface area (Å²) in [6, 6.07) is 12.3. The maximum Gasteiger partial charge on any atom is 0.321 e. The molecular formula is C20H24N2O3. The number of carbonyl (C=O) groups is 1. The van der Waals surface area contributed by atoms with Crippen molar-refractivity contribution in [1.82, 2.24) is 0 Å². The van der Waals surface area contributed by atoms with E-state index in [-0.39, 0.29) is 5.69 Å². The van der Waals surface area contributed by atoms with E-state index in [0.717, 1.165) is 24.3 Å². The molecule has 0 unspecified atom stereocenters. The number of nitrogens with one attached hydrogen (secondary N) is 1. The first-order valence-corrected chi connectivity index (χ1v) is 8.82. The number of rotatable bonds is 5. The van der Waals surface area contributed by atoms with Crippen molar-refractivity contribution in [3.63, 3.8) is 0 Å². The van der Waals surface area contributed by atoms with Crippen molar-refractivity contribution >= 4 is 11.6 Å². The van der Waals surface area contributed by atoms with Crippen LogP contribution >= 0.6 is 0 Å². The Bertz CT molecular complexity index is 732. The molecular weight excluding hydrogens is 316 g/mol. The highest BCUT2D eigenvalue weighted by Gasteiger charge is 2.19. The maximum absolute atomic E-state index is 12.2. The molecule has 5 heteroatoms. The number of nitrogens with zero attached hydrogens (tertiary/aromatic N) is 1. The minimum absolute atomic E-state index is 0.0698. The number of aromatic nitrogens is 1. The monoisotopic (exact) mass is 340 g/mol. The number of benzene rings is 1. The van der Waals surface area contributed by atoms with Crippen molar-refractivity contribution in [2.24, 2.45) is 5.92 Å². The van der Waals surface area contributed by atoms with E-state index in [0.29, 0.717) is 23.1 Å². The highest BCUT2D eigenvalue weighted by molar-refractivity contribution is 6.01. The van der Waals surface area contributed by atoms with E-state index in [1.54, 1.807) is 12.1 Å². The summed E-state index contributed by atoms with van der Waals surface area (Å²) in [6.07, 6.45) is 6.40. The van der Waals surface area contributed by atoms with E-state index in [4.69, 9.17) is 4.74 Å². The van der Waals surface area contributed by atoms with Gasteiger partial charge in [0.05, 0.1) is 12.7 Å². The Morgan fingerprint density at radius 3 is 2.96 bits per heavy atom. The molecule has 0 bridgehead atoms. The van der Waals surface area contributed by atoms with Crippen molar-refractivity contribution < 1.29 is 14.3 Å². The summed E-state index contributed by atoms with van der Waals surface area (Å²) in [5, 5.41) is 14.4. The smallest absolute Gasteiger partial charge is 0.321 e. The van der Waals surface area contributed by atoms with Gasteiger partial charge in [0, 0.05) is 17.8 Å². The van der Waals surface area contributed by atoms with Gasteiger partial charge in [0.15, 0.2) is 6.20 Å². The fourth-order valence-corrected chi connectivity index (χ4v) is 3.28. The Kier molecular flexibility index (Phi) is 5.66. The van der Waals surface area contributed by atoms with Gasteiger partial charge in [0.25, 0.3) is 5.69 Å². The van der Waals surface area contributed by atoms with Crippen LogP contribution in [-0.4, -0.2) is 12.0 Å². The molecule has 0 radical (unpaired) electrons. The number of carbonyl (C=O) groups excluding carboxylic acids is 1. The van der Waals surface area contributed by atoms with Crippen LogP contribution in [-0.2, 0) is 11.3 Å². The number of anilines is 1. The summed E-state index contributed by atoms with van der Waals surface area (Å²) in [6.45, 7) is 2.81. The van der Waals surface area contributed by atoms with Crippen molar-refractivity contribution in [3.05, 3.63) is 65.1 Å². The second-order valence-electron chi connectivity index (χ2n) is 6.77. The lowest BCUT2D eigenvalue weighted by Gasteiger charge is -2.26. The van der Waals surface area contributed by atoms with Crippen molar-refractivity contribution in [2.75, 3.05) is 5.32 Å². The molecule has 3 rings (SSSR count). The van der Waals surface area contributed by atoms with Crippen LogP contribution in [0.1, 0.15) is 48.7 Å². The summed E-state index contributed by atoms with van der Waals surface area (Å²) >= 11 is 0. The minimum atomic E-state index is -0.422. The maximum atomic E-state index is 12.2. The Hall–Kier alpha value is -2.40. The van der Waals surface area contributed by atoms with Crippen molar-refractivity contribution in [2.45, 2.75) is 45.3 Å². The average Bonchev–Trinajstić information content (AvgIpc) is 2.61. The molecule has 0 saturated heterocycles. The number of amides is 1. The molecule has 2 aromatic rings. The largest absolute Gasteiger partial charge is 0.618 e. The van der Waals surface area contributed by atoms with E-state index in [1.807, 2.05) is 24.3 Å². The second-order valence-corrected chi connectivity index (χ2v) is 6.77. The summed E-state index contributed by atoms with van der Waals surface area (Å²) < 4.78 is 6.60. The fourth-order valence-electron chi connectivity index (χ4n) is 3.28. The molecule has 25 heavy (non-hydrogen) atoms. The molecule has 1 aromatic heterocycles. The number of hydrogen-bond acceptors (Lipinski definition) is 3. The predicted octanol–water partition coefficient (Wildman–Crippen LogP) is 3.67. The van der Waals surface area contributed by atoms with Gasteiger partial charge in [-0.05, 0) is 42.5 Å². The van der Waals surface area contributed by atoms with Crippen LogP contribution in [0.3, 0.4) is 0 Å². The molecule has 1 aromatic carbocycles. The molecule has 1 saturated carbocycles. The molecule has 5 nitrogen and oxygen atoms in total. The van der Waals surface area contributed by atoms with E-state index in [9.17, 15) is 10.0 Å². The summed E-state index contributed by atoms with van der Waals surface area (Å²) in [4.78, 5) is 12.2. The summed E-state index contributed by atoms with van der Waals surface area (Å²) in [5.41, 5.74) is 1.74. The molecule has 1 fully saturated rings. The van der Waals surface area contributed by atoms with Crippen LogP contribution in [0.15, 0.2) is 48.7 Å². The number of hydrogen-bond donors (Lipinski definition) is 1. The molecule has 0 aliphatic heterocycles. The lowest BCUT2D eigenvalue weighted by atomic mass is 9.89. The van der Waals surface area contributed by atoms with Gasteiger partial charge < -0.3 is 15.3 Å². The first-order chi connectivity index (χ1) is 12.1. The molecule has 1 aliphatic rings. The third kappa shape index (κ3) is 4.79. The Labute approximate surface area is 148 Å². The van der Waals surface area contributed by atoms with Gasteiger partial charge >= 0.3 is 5.91 Å². The molecule has 2 atom stereocenters. The standard InChI is InChI=1S/C20H24N2O3/c1-15-6-4-9-18(12-15)25-14-16-7-5-8-17(13-16)21-20(23)19-10-2-3-11-22(19)24/h2-3,5,7-8,10-11,13,15,18H,4,6,9,12,14H2,1H3,(H,21,23)/t15-,18+/m0/s1. The van der Waals surface area contributed by atoms with Crippen LogP contribution in [0.2, 0.25) is 0 Å². The zero-order chi connectivity index (χ0) is 17.6. The lowest BCUT2D eigenvalue weighted by Crippen LogP contribution is -2.36. The van der Waals surface area contributed by atoms with Gasteiger partial charge in [-0.1, -0.05) is 31.9 Å². The van der Waals surface area contributed by atoms with Crippen LogP contribution in [0.4, 0.5) is 5.69 Å². The normalized spacial score (nSPS) is 20.2. The van der Waals surface area contributed by atoms with Gasteiger partial charge in [-0.3, -0.25) is 4.79 Å². The van der Waals surface area contributed by atoms with Crippen molar-refractivity contribution in [1.29, 1.82) is 0 Å². The molecule has 1 aliphatic carbocycles. The zero-order valence-electron chi connectivity index (χ0n) is 14.5. The minimum Gasteiger partial charge on any atom is -0.618 e. The van der Waals surface area contributed by atoms with Gasteiger partial charge in [-0.15, -0.1) is 0 Å². The van der Waals surface area contributed by atoms with E-state index < -0.39 is 5.91 Å². The molecule has 1 amide bonds. The highest BCUT2D eigenvalue weighted by atomic mass is 16.5. The summed E-state index contributed by atoms with van der Waals surface area (Å²) in [5.74, 6) is 0.309. The van der Waals surface area contributed by atoms with Gasteiger partial charge in [-0.25, -0.2) is 0 Å². The van der Waals surface area contributed by atoms with E-state index in [1.165, 1.54) is 25.1 Å². The molecule has 1 N–H and O–H groups in total. The van der Waals surface area contributed by atoms with Gasteiger partial charge in [0.1, 0.15) is 0 Å². The van der Waals surface area contributed by atoms with Crippen LogP contribution in [0.5, 0.6) is 0 Å². The highest BCUT2D eigenvalue weighted by Crippen LogP contribution is 2.26. The molecule has 0 spiro atoms. The second kappa shape index (κ2) is 8.12. The number of pyridine rings is 1. The Balaban J connectivity index is 1.59. The summed E-state index contributed by atoms with van der Waals surface area (Å²) in [7, 11) is 0. The van der Waals surface area contributed by atoms with Gasteiger partial charge in [0.2, 0.25) is 0 Å². The zero-order valence-corrected chi connectivity index (χ0v) is 14.5. The molecule has 132 valence electrons. The Morgan fingerprint density at radius 2 is 2.16 bits per heavy atom. The lowest BCUT2D eigenvalue weighted by molar-refractivity contribution is -0.607. The average molecular weight is 340 g/mol. The van der Waals surface area contributed by atoms with E-state index >= 15 is 0 Å². The topological polar surface area (TPSA) is 65.3 Å². The van der Waals surface area contributed by atoms with Crippen LogP contribution in [0.25, 0.3) is 0 Å². The predicted molar refractivity (Wildman–Crippen MR) is 96.0 cm³/mol. The first-order valence-electron chi connectivity index (χ1n) is 8.82. The van der Waals surface area contributed by atoms with Gasteiger partial charge in [-0.2, -0.15) is 4.73 Å². The third-order valence-corrected chi connectivity index (χ3v) is 4.62. The van der Waals surface area contributed by atoms with E-state index in [2.05, 4.69) is 12.2 Å². The van der Waals surface area contributed by atoms with Crippen LogP contribution in [0, 0.1) is 11.1 Å². The number of ether oxygens (including phenoxy) is 1. The van der Waals surface area contributed by atoms with Crippen LogP contribution < -0.4 is 10.0 Å². The molecule has 1 heterocycles. The fraction of sp³-hybridized carbons (Fsp3) is 0.400. The Morgan fingerprint density at radius 1 is 1.28 bits per heavy atom. The SMILES string of the molecule is C[C@H]1CCC[C@@H](OCc2cccc(NC(=O)c3cccc[n+]3[O-])c2)C1.